The second kappa shape index (κ2) is 5.13. The minimum atomic E-state index is -0.444. The summed E-state index contributed by atoms with van der Waals surface area (Å²) < 4.78 is 6.84. The Morgan fingerprint density at radius 2 is 2.47 bits per heavy atom. The van der Waals surface area contributed by atoms with Crippen molar-refractivity contribution in [3.63, 3.8) is 0 Å². The molecule has 1 heterocycles. The van der Waals surface area contributed by atoms with Gasteiger partial charge in [0.2, 0.25) is 5.82 Å². The average molecular weight is 240 g/mol. The molecular weight excluding hydrogens is 224 g/mol. The molecule has 1 aliphatic rings. The second-order valence-corrected chi connectivity index (χ2v) is 4.24. The molecule has 1 aliphatic carbocycles. The number of aryl methyl sites for hydroxylation is 1. The van der Waals surface area contributed by atoms with Crippen molar-refractivity contribution < 1.29 is 9.66 Å². The van der Waals surface area contributed by atoms with Gasteiger partial charge in [-0.1, -0.05) is 0 Å². The Bertz CT molecular complexity index is 400. The van der Waals surface area contributed by atoms with Gasteiger partial charge < -0.3 is 10.1 Å². The predicted octanol–water partition coefficient (Wildman–Crippen LogP) is 1.17. The Morgan fingerprint density at radius 3 is 3.12 bits per heavy atom. The van der Waals surface area contributed by atoms with Crippen molar-refractivity contribution >= 4 is 11.5 Å². The zero-order chi connectivity index (χ0) is 12.3. The maximum atomic E-state index is 10.7. The highest BCUT2D eigenvalue weighted by molar-refractivity contribution is 5.54. The summed E-state index contributed by atoms with van der Waals surface area (Å²) in [4.78, 5) is 10.3. The fourth-order valence-electron chi connectivity index (χ4n) is 1.51. The van der Waals surface area contributed by atoms with E-state index in [1.807, 2.05) is 0 Å². The van der Waals surface area contributed by atoms with E-state index in [1.54, 1.807) is 7.05 Å². The van der Waals surface area contributed by atoms with E-state index < -0.39 is 4.92 Å². The first kappa shape index (κ1) is 11.8. The summed E-state index contributed by atoms with van der Waals surface area (Å²) in [6.45, 7) is 1.88. The third kappa shape index (κ3) is 3.42. The number of nitrogens with one attached hydrogen (secondary N) is 1. The molecule has 0 aliphatic heterocycles. The zero-order valence-electron chi connectivity index (χ0n) is 9.76. The van der Waals surface area contributed by atoms with Crippen LogP contribution in [0.2, 0.25) is 0 Å². The molecule has 0 atom stereocenters. The highest BCUT2D eigenvalue weighted by Crippen LogP contribution is 2.28. The van der Waals surface area contributed by atoms with Crippen molar-refractivity contribution in [1.29, 1.82) is 0 Å². The van der Waals surface area contributed by atoms with E-state index in [2.05, 4.69) is 10.4 Å². The molecule has 0 radical (unpaired) electrons. The van der Waals surface area contributed by atoms with Crippen LogP contribution in [0.1, 0.15) is 12.8 Å². The number of aromatic nitrogens is 2. The minimum absolute atomic E-state index is 0.00491. The molecule has 0 aromatic carbocycles. The molecule has 17 heavy (non-hydrogen) atoms. The molecule has 1 saturated carbocycles. The highest BCUT2D eigenvalue weighted by atomic mass is 16.6. The molecule has 1 fully saturated rings. The van der Waals surface area contributed by atoms with Crippen molar-refractivity contribution in [1.82, 2.24) is 9.78 Å². The van der Waals surface area contributed by atoms with Crippen LogP contribution < -0.4 is 5.32 Å². The molecule has 0 bridgehead atoms. The molecule has 0 unspecified atom stereocenters. The lowest BCUT2D eigenvalue weighted by atomic mass is 10.5. The number of nitrogens with zero attached hydrogens (tertiary/aromatic N) is 3. The maximum absolute atomic E-state index is 10.7. The van der Waals surface area contributed by atoms with Crippen LogP contribution in [0.3, 0.4) is 0 Å². The van der Waals surface area contributed by atoms with Gasteiger partial charge in [0.1, 0.15) is 6.20 Å². The van der Waals surface area contributed by atoms with Crippen molar-refractivity contribution in [3.05, 3.63) is 16.3 Å². The van der Waals surface area contributed by atoms with Gasteiger partial charge >= 0.3 is 5.69 Å². The standard InChI is InChI=1S/C10H16N4O3/c1-13-6-9(14(15)16)10(12-13)11-4-5-17-7-8-2-3-8/h6,8H,2-5,7H2,1H3,(H,11,12). The van der Waals surface area contributed by atoms with Gasteiger partial charge in [-0.15, -0.1) is 5.10 Å². The largest absolute Gasteiger partial charge is 0.379 e. The minimum Gasteiger partial charge on any atom is -0.379 e. The first-order valence-electron chi connectivity index (χ1n) is 5.66. The van der Waals surface area contributed by atoms with E-state index in [1.165, 1.54) is 23.7 Å². The van der Waals surface area contributed by atoms with Gasteiger partial charge in [-0.2, -0.15) is 0 Å². The number of hydrogen-bond donors (Lipinski definition) is 1. The first-order chi connectivity index (χ1) is 8.16. The van der Waals surface area contributed by atoms with Crippen LogP contribution in [-0.4, -0.2) is 34.5 Å². The van der Waals surface area contributed by atoms with Gasteiger partial charge in [0, 0.05) is 20.2 Å². The van der Waals surface area contributed by atoms with Crippen LogP contribution in [0.25, 0.3) is 0 Å². The highest BCUT2D eigenvalue weighted by Gasteiger charge is 2.21. The summed E-state index contributed by atoms with van der Waals surface area (Å²) in [5.74, 6) is 1.03. The van der Waals surface area contributed by atoms with Gasteiger partial charge in [0.05, 0.1) is 11.5 Å². The molecule has 2 rings (SSSR count). The molecule has 0 spiro atoms. The predicted molar refractivity (Wildman–Crippen MR) is 61.9 cm³/mol. The summed E-state index contributed by atoms with van der Waals surface area (Å²) in [5, 5.41) is 17.6. The van der Waals surface area contributed by atoms with Crippen LogP contribution in [-0.2, 0) is 11.8 Å². The molecule has 7 nitrogen and oxygen atoms in total. The Kier molecular flexibility index (Phi) is 3.58. The Balaban J connectivity index is 1.74. The molecule has 1 aromatic rings. The number of rotatable bonds is 7. The van der Waals surface area contributed by atoms with Crippen molar-refractivity contribution in [2.24, 2.45) is 13.0 Å². The lowest BCUT2D eigenvalue weighted by Gasteiger charge is -2.03. The molecule has 1 aromatic heterocycles. The number of ether oxygens (including phenoxy) is 1. The topological polar surface area (TPSA) is 82.2 Å². The van der Waals surface area contributed by atoms with Gasteiger partial charge in [-0.3, -0.25) is 14.8 Å². The van der Waals surface area contributed by atoms with Crippen LogP contribution in [0.5, 0.6) is 0 Å². The third-order valence-corrected chi connectivity index (χ3v) is 2.60. The lowest BCUT2D eigenvalue weighted by Crippen LogP contribution is -2.11. The van der Waals surface area contributed by atoms with E-state index in [4.69, 9.17) is 4.74 Å². The maximum Gasteiger partial charge on any atom is 0.330 e. The molecule has 0 saturated heterocycles. The number of hydrogen-bond acceptors (Lipinski definition) is 5. The Labute approximate surface area is 98.9 Å². The molecule has 0 amide bonds. The van der Waals surface area contributed by atoms with Crippen LogP contribution >= 0.6 is 0 Å². The Morgan fingerprint density at radius 1 is 1.71 bits per heavy atom. The fraction of sp³-hybridized carbons (Fsp3) is 0.700. The van der Waals surface area contributed by atoms with E-state index >= 15 is 0 Å². The van der Waals surface area contributed by atoms with Crippen LogP contribution in [0.4, 0.5) is 11.5 Å². The monoisotopic (exact) mass is 240 g/mol. The fourth-order valence-corrected chi connectivity index (χ4v) is 1.51. The summed E-state index contributed by atoms with van der Waals surface area (Å²) in [6.07, 6.45) is 3.91. The number of nitro groups is 1. The Hall–Kier alpha value is -1.63. The zero-order valence-corrected chi connectivity index (χ0v) is 9.76. The summed E-state index contributed by atoms with van der Waals surface area (Å²) in [7, 11) is 1.65. The van der Waals surface area contributed by atoms with Crippen molar-refractivity contribution in [2.45, 2.75) is 12.8 Å². The van der Waals surface area contributed by atoms with E-state index in [-0.39, 0.29) is 5.69 Å². The summed E-state index contributed by atoms with van der Waals surface area (Å²) >= 11 is 0. The van der Waals surface area contributed by atoms with Crippen molar-refractivity contribution in [2.75, 3.05) is 25.1 Å². The van der Waals surface area contributed by atoms with Crippen molar-refractivity contribution in [3.8, 4) is 0 Å². The molecule has 94 valence electrons. The molecular formula is C10H16N4O3. The second-order valence-electron chi connectivity index (χ2n) is 4.24. The smallest absolute Gasteiger partial charge is 0.330 e. The molecule has 1 N–H and O–H groups in total. The quantitative estimate of drug-likeness (QED) is 0.439. The van der Waals surface area contributed by atoms with E-state index in [9.17, 15) is 10.1 Å². The van der Waals surface area contributed by atoms with Gasteiger partial charge in [0.15, 0.2) is 0 Å². The van der Waals surface area contributed by atoms with Gasteiger partial charge in [-0.05, 0) is 18.8 Å². The SMILES string of the molecule is Cn1cc([N+](=O)[O-])c(NCCOCC2CC2)n1. The number of anilines is 1. The normalized spacial score (nSPS) is 14.9. The average Bonchev–Trinajstić information content (AvgIpc) is 3.01. The van der Waals surface area contributed by atoms with Gasteiger partial charge in [0.25, 0.3) is 0 Å². The van der Waals surface area contributed by atoms with Crippen LogP contribution in [0, 0.1) is 16.0 Å². The lowest BCUT2D eigenvalue weighted by molar-refractivity contribution is -0.384. The summed E-state index contributed by atoms with van der Waals surface area (Å²) in [5.41, 5.74) is -0.00491. The van der Waals surface area contributed by atoms with Gasteiger partial charge in [-0.25, -0.2) is 0 Å². The summed E-state index contributed by atoms with van der Waals surface area (Å²) in [6, 6.07) is 0. The first-order valence-corrected chi connectivity index (χ1v) is 5.66. The third-order valence-electron chi connectivity index (χ3n) is 2.60. The van der Waals surface area contributed by atoms with Crippen LogP contribution in [0.15, 0.2) is 6.20 Å². The molecule has 7 heteroatoms. The van der Waals surface area contributed by atoms with E-state index in [0.29, 0.717) is 19.0 Å². The van der Waals surface area contributed by atoms with E-state index in [0.717, 1.165) is 12.5 Å².